The fourth-order valence-electron chi connectivity index (χ4n) is 2.93. The number of ketones is 1. The van der Waals surface area contributed by atoms with Crippen molar-refractivity contribution in [1.82, 2.24) is 10.6 Å². The number of nitrogens with one attached hydrogen (secondary N) is 2. The molecule has 0 radical (unpaired) electrons. The number of amides is 2. The number of hydrogen-bond donors (Lipinski definition) is 2. The number of ether oxygens (including phenoxy) is 1. The summed E-state index contributed by atoms with van der Waals surface area (Å²) in [6, 6.07) is 4.89. The van der Waals surface area contributed by atoms with Crippen molar-refractivity contribution < 1.29 is 14.3 Å². The van der Waals surface area contributed by atoms with Crippen LogP contribution in [0, 0.1) is 5.92 Å². The summed E-state index contributed by atoms with van der Waals surface area (Å²) in [5.74, 6) is 0.207. The largest absolute Gasteiger partial charge is 0.467 e. The highest BCUT2D eigenvalue weighted by Gasteiger charge is 2.54. The van der Waals surface area contributed by atoms with Crippen LogP contribution in [0.25, 0.3) is 0 Å². The highest BCUT2D eigenvalue weighted by molar-refractivity contribution is 9.10. The molecule has 0 spiro atoms. The van der Waals surface area contributed by atoms with Crippen LogP contribution in [0.2, 0.25) is 0 Å². The van der Waals surface area contributed by atoms with Crippen molar-refractivity contribution in [3.63, 3.8) is 0 Å². The lowest BCUT2D eigenvalue weighted by atomic mass is 9.78. The molecule has 1 saturated heterocycles. The first-order valence-corrected chi connectivity index (χ1v) is 6.77. The molecule has 2 aliphatic heterocycles. The van der Waals surface area contributed by atoms with Gasteiger partial charge in [0.15, 0.2) is 5.72 Å². The molecule has 0 aliphatic carbocycles. The lowest BCUT2D eigenvalue weighted by molar-refractivity contribution is -0.134. The van der Waals surface area contributed by atoms with Crippen molar-refractivity contribution in [1.29, 1.82) is 0 Å². The molecule has 0 saturated carbocycles. The summed E-state index contributed by atoms with van der Waals surface area (Å²) < 4.78 is 6.76. The molecule has 3 atom stereocenters. The SMILES string of the molecule is CC(=O)[C@@H]1[C@H]2NC(=O)N[C@@]1(C)Oc1ccc(Br)cc12. The number of hydrogen-bond acceptors (Lipinski definition) is 3. The monoisotopic (exact) mass is 324 g/mol. The maximum atomic E-state index is 11.9. The van der Waals surface area contributed by atoms with Gasteiger partial charge in [0.2, 0.25) is 0 Å². The Morgan fingerprint density at radius 2 is 2.21 bits per heavy atom. The predicted octanol–water partition coefficient (Wildman–Crippen LogP) is 2.12. The predicted molar refractivity (Wildman–Crippen MR) is 71.8 cm³/mol. The van der Waals surface area contributed by atoms with E-state index in [1.807, 2.05) is 18.2 Å². The minimum absolute atomic E-state index is 0.0226. The summed E-state index contributed by atoms with van der Waals surface area (Å²) in [5.41, 5.74) is -0.179. The summed E-state index contributed by atoms with van der Waals surface area (Å²) in [5, 5.41) is 5.52. The molecule has 1 aromatic carbocycles. The molecule has 6 heteroatoms. The van der Waals surface area contributed by atoms with E-state index in [0.29, 0.717) is 5.75 Å². The topological polar surface area (TPSA) is 67.4 Å². The van der Waals surface area contributed by atoms with E-state index in [1.165, 1.54) is 6.92 Å². The van der Waals surface area contributed by atoms with Crippen molar-refractivity contribution in [3.05, 3.63) is 28.2 Å². The standard InChI is InChI=1S/C13H13BrN2O3/c1-6(17)10-11-8-5-7(14)3-4-9(8)19-13(10,2)16-12(18)15-11/h3-5,10-11H,1-2H3,(H2,15,16,18)/t10-,11+,13+/m1/s1. The molecule has 3 rings (SSSR count). The second-order valence-electron chi connectivity index (χ2n) is 5.06. The fraction of sp³-hybridized carbons (Fsp3) is 0.385. The Bertz CT molecular complexity index is 589. The number of halogens is 1. The van der Waals surface area contributed by atoms with Gasteiger partial charge in [-0.1, -0.05) is 15.9 Å². The van der Waals surface area contributed by atoms with Crippen LogP contribution in [0.15, 0.2) is 22.7 Å². The minimum Gasteiger partial charge on any atom is -0.467 e. The molecule has 2 amide bonds. The molecular weight excluding hydrogens is 312 g/mol. The average Bonchev–Trinajstić information content (AvgIpc) is 2.28. The molecule has 19 heavy (non-hydrogen) atoms. The first kappa shape index (κ1) is 12.5. The molecule has 1 aromatic rings. The van der Waals surface area contributed by atoms with Crippen LogP contribution in [0.1, 0.15) is 25.5 Å². The van der Waals surface area contributed by atoms with Crippen LogP contribution >= 0.6 is 15.9 Å². The van der Waals surface area contributed by atoms with Gasteiger partial charge in [0.05, 0.1) is 6.04 Å². The molecule has 2 N–H and O–H groups in total. The molecule has 100 valence electrons. The number of Topliss-reactive ketones (excluding diaryl/α,β-unsaturated/α-hetero) is 1. The summed E-state index contributed by atoms with van der Waals surface area (Å²) in [7, 11) is 0. The second-order valence-corrected chi connectivity index (χ2v) is 5.97. The maximum Gasteiger partial charge on any atom is 0.318 e. The fourth-order valence-corrected chi connectivity index (χ4v) is 3.31. The quantitative estimate of drug-likeness (QED) is 0.831. The van der Waals surface area contributed by atoms with E-state index in [9.17, 15) is 9.59 Å². The van der Waals surface area contributed by atoms with Crippen LogP contribution in [-0.4, -0.2) is 17.5 Å². The Kier molecular flexibility index (Phi) is 2.60. The van der Waals surface area contributed by atoms with E-state index < -0.39 is 11.6 Å². The smallest absolute Gasteiger partial charge is 0.318 e. The molecule has 2 bridgehead atoms. The Hall–Kier alpha value is -1.56. The van der Waals surface area contributed by atoms with Gasteiger partial charge in [0.1, 0.15) is 17.5 Å². The van der Waals surface area contributed by atoms with Gasteiger partial charge in [0.25, 0.3) is 0 Å². The molecule has 2 aliphatic rings. The van der Waals surface area contributed by atoms with Crippen LogP contribution in [0.4, 0.5) is 4.79 Å². The van der Waals surface area contributed by atoms with Gasteiger partial charge in [0, 0.05) is 10.0 Å². The highest BCUT2D eigenvalue weighted by Crippen LogP contribution is 2.45. The Morgan fingerprint density at radius 3 is 2.89 bits per heavy atom. The summed E-state index contributed by atoms with van der Waals surface area (Å²) in [4.78, 5) is 23.7. The van der Waals surface area contributed by atoms with E-state index in [4.69, 9.17) is 4.74 Å². The first-order chi connectivity index (χ1) is 8.90. The third kappa shape index (κ3) is 1.82. The zero-order valence-corrected chi connectivity index (χ0v) is 12.1. The van der Waals surface area contributed by atoms with Gasteiger partial charge in [-0.3, -0.25) is 10.1 Å². The van der Waals surface area contributed by atoms with Crippen molar-refractivity contribution >= 4 is 27.7 Å². The van der Waals surface area contributed by atoms with Gasteiger partial charge >= 0.3 is 6.03 Å². The van der Waals surface area contributed by atoms with Gasteiger partial charge in [-0.25, -0.2) is 4.79 Å². The summed E-state index contributed by atoms with van der Waals surface area (Å²) in [6.45, 7) is 3.25. The minimum atomic E-state index is -1.00. The highest BCUT2D eigenvalue weighted by atomic mass is 79.9. The lowest BCUT2D eigenvalue weighted by Crippen LogP contribution is -2.69. The van der Waals surface area contributed by atoms with E-state index in [-0.39, 0.29) is 17.9 Å². The van der Waals surface area contributed by atoms with E-state index in [1.54, 1.807) is 6.92 Å². The van der Waals surface area contributed by atoms with E-state index in [2.05, 4.69) is 26.6 Å². The molecule has 2 heterocycles. The number of carbonyl (C=O) groups excluding carboxylic acids is 2. The van der Waals surface area contributed by atoms with E-state index >= 15 is 0 Å². The molecule has 5 nitrogen and oxygen atoms in total. The zero-order valence-electron chi connectivity index (χ0n) is 10.5. The van der Waals surface area contributed by atoms with Crippen LogP contribution in [-0.2, 0) is 4.79 Å². The lowest BCUT2D eigenvalue weighted by Gasteiger charge is -2.49. The number of rotatable bonds is 1. The Balaban J connectivity index is 2.18. The van der Waals surface area contributed by atoms with Gasteiger partial charge < -0.3 is 10.1 Å². The van der Waals surface area contributed by atoms with Crippen molar-refractivity contribution in [3.8, 4) is 5.75 Å². The maximum absolute atomic E-state index is 11.9. The van der Waals surface area contributed by atoms with Crippen LogP contribution < -0.4 is 15.4 Å². The Labute approximate surface area is 118 Å². The van der Waals surface area contributed by atoms with Gasteiger partial charge in [-0.15, -0.1) is 0 Å². The summed E-state index contributed by atoms with van der Waals surface area (Å²) in [6.07, 6.45) is 0. The number of urea groups is 1. The zero-order chi connectivity index (χ0) is 13.8. The third-order valence-electron chi connectivity index (χ3n) is 3.64. The second kappa shape index (κ2) is 3.96. The number of carbonyl (C=O) groups is 2. The number of benzene rings is 1. The molecule has 0 aromatic heterocycles. The van der Waals surface area contributed by atoms with Gasteiger partial charge in [-0.05, 0) is 32.0 Å². The third-order valence-corrected chi connectivity index (χ3v) is 4.14. The normalized spacial score (nSPS) is 31.6. The van der Waals surface area contributed by atoms with Crippen molar-refractivity contribution in [2.24, 2.45) is 5.92 Å². The Morgan fingerprint density at radius 1 is 1.47 bits per heavy atom. The van der Waals surface area contributed by atoms with Crippen molar-refractivity contribution in [2.45, 2.75) is 25.6 Å². The first-order valence-electron chi connectivity index (χ1n) is 5.98. The van der Waals surface area contributed by atoms with E-state index in [0.717, 1.165) is 10.0 Å². The van der Waals surface area contributed by atoms with Gasteiger partial charge in [-0.2, -0.15) is 0 Å². The molecular formula is C13H13BrN2O3. The van der Waals surface area contributed by atoms with Crippen LogP contribution in [0.5, 0.6) is 5.75 Å². The average molecular weight is 325 g/mol. The summed E-state index contributed by atoms with van der Waals surface area (Å²) >= 11 is 3.40. The molecule has 1 fully saturated rings. The molecule has 0 unspecified atom stereocenters. The van der Waals surface area contributed by atoms with Crippen LogP contribution in [0.3, 0.4) is 0 Å². The van der Waals surface area contributed by atoms with Crippen molar-refractivity contribution in [2.75, 3.05) is 0 Å². The number of fused-ring (bicyclic) bond motifs is 4.